The molecule has 3 nitrogen and oxygen atoms in total. The second-order valence-corrected chi connectivity index (χ2v) is 6.14. The number of hydrogen-bond acceptors (Lipinski definition) is 2. The molecular weight excluding hydrogens is 310 g/mol. The normalized spacial score (nSPS) is 16.6. The van der Waals surface area contributed by atoms with Crippen molar-refractivity contribution in [2.24, 2.45) is 0 Å². The summed E-state index contributed by atoms with van der Waals surface area (Å²) in [6.45, 7) is 0.402. The van der Waals surface area contributed by atoms with Gasteiger partial charge in [0.05, 0.1) is 5.56 Å². The number of hydrogen-bond donors (Lipinski definition) is 0. The van der Waals surface area contributed by atoms with Crippen molar-refractivity contribution < 1.29 is 9.59 Å². The lowest BCUT2D eigenvalue weighted by Gasteiger charge is -2.36. The van der Waals surface area contributed by atoms with Crippen LogP contribution in [0.2, 0.25) is 0 Å². The van der Waals surface area contributed by atoms with Gasteiger partial charge in [0.15, 0.2) is 5.78 Å². The Bertz CT molecular complexity index is 919. The number of nitrogens with zero attached hydrogens (tertiary/aromatic N) is 1. The van der Waals surface area contributed by atoms with E-state index >= 15 is 0 Å². The summed E-state index contributed by atoms with van der Waals surface area (Å²) < 4.78 is 0. The number of rotatable bonds is 3. The second kappa shape index (κ2) is 6.36. The summed E-state index contributed by atoms with van der Waals surface area (Å²) in [5.74, 6) is -0.134. The van der Waals surface area contributed by atoms with E-state index in [0.29, 0.717) is 17.7 Å². The van der Waals surface area contributed by atoms with Gasteiger partial charge in [-0.1, -0.05) is 78.9 Å². The average molecular weight is 327 g/mol. The highest BCUT2D eigenvalue weighted by Crippen LogP contribution is 2.34. The molecule has 1 unspecified atom stereocenters. The van der Waals surface area contributed by atoms with Crippen LogP contribution in [0.25, 0.3) is 0 Å². The van der Waals surface area contributed by atoms with Crippen LogP contribution in [-0.4, -0.2) is 16.6 Å². The average Bonchev–Trinajstić information content (AvgIpc) is 2.68. The summed E-state index contributed by atoms with van der Waals surface area (Å²) in [5.41, 5.74) is 2.83. The molecule has 1 aliphatic rings. The molecule has 0 bridgehead atoms. The first kappa shape index (κ1) is 15.3. The standard InChI is InChI=1S/C22H17NO2/c24-21-18-13-7-8-14-19(18)22(25)23(15-16-9-3-1-4-10-16)20(21)17-11-5-2-6-12-17/h1-14,20H,15H2. The fraction of sp³-hybridized carbons (Fsp3) is 0.0909. The molecule has 1 amide bonds. The largest absolute Gasteiger partial charge is 0.320 e. The van der Waals surface area contributed by atoms with E-state index in [2.05, 4.69) is 0 Å². The van der Waals surface area contributed by atoms with Crippen molar-refractivity contribution in [1.82, 2.24) is 4.90 Å². The molecule has 3 aromatic rings. The number of Topliss-reactive ketones (excluding diaryl/α,β-unsaturated/α-hetero) is 1. The zero-order chi connectivity index (χ0) is 17.2. The molecule has 25 heavy (non-hydrogen) atoms. The highest BCUT2D eigenvalue weighted by molar-refractivity contribution is 6.15. The maximum absolute atomic E-state index is 13.2. The van der Waals surface area contributed by atoms with E-state index in [9.17, 15) is 9.59 Å². The predicted molar refractivity (Wildman–Crippen MR) is 96.3 cm³/mol. The number of carbonyl (C=O) groups excluding carboxylic acids is 2. The van der Waals surface area contributed by atoms with Gasteiger partial charge >= 0.3 is 0 Å². The fourth-order valence-corrected chi connectivity index (χ4v) is 3.36. The van der Waals surface area contributed by atoms with Crippen molar-refractivity contribution in [3.8, 4) is 0 Å². The van der Waals surface area contributed by atoms with Gasteiger partial charge in [-0.15, -0.1) is 0 Å². The quantitative estimate of drug-likeness (QED) is 0.720. The molecular formula is C22H17NO2. The summed E-state index contributed by atoms with van der Waals surface area (Å²) in [7, 11) is 0. The molecule has 1 atom stereocenters. The first-order chi connectivity index (χ1) is 12.3. The fourth-order valence-electron chi connectivity index (χ4n) is 3.36. The topological polar surface area (TPSA) is 37.4 Å². The first-order valence-electron chi connectivity index (χ1n) is 8.29. The summed E-state index contributed by atoms with van der Waals surface area (Å²) >= 11 is 0. The van der Waals surface area contributed by atoms with Gasteiger partial charge < -0.3 is 4.90 Å². The number of fused-ring (bicyclic) bond motifs is 1. The van der Waals surface area contributed by atoms with E-state index < -0.39 is 6.04 Å². The molecule has 3 heteroatoms. The van der Waals surface area contributed by atoms with Crippen LogP contribution in [0.3, 0.4) is 0 Å². The molecule has 0 saturated carbocycles. The molecule has 1 aliphatic heterocycles. The van der Waals surface area contributed by atoms with E-state index in [1.54, 1.807) is 29.2 Å². The molecule has 0 fully saturated rings. The van der Waals surface area contributed by atoms with Gasteiger partial charge in [0, 0.05) is 12.1 Å². The van der Waals surface area contributed by atoms with Crippen LogP contribution < -0.4 is 0 Å². The van der Waals surface area contributed by atoms with Crippen LogP contribution in [0.5, 0.6) is 0 Å². The molecule has 0 spiro atoms. The van der Waals surface area contributed by atoms with E-state index in [4.69, 9.17) is 0 Å². The maximum Gasteiger partial charge on any atom is 0.255 e. The lowest BCUT2D eigenvalue weighted by Crippen LogP contribution is -2.43. The van der Waals surface area contributed by atoms with Gasteiger partial charge in [-0.2, -0.15) is 0 Å². The predicted octanol–water partition coefficient (Wildman–Crippen LogP) is 4.27. The summed E-state index contributed by atoms with van der Waals surface area (Å²) in [4.78, 5) is 28.0. The Labute approximate surface area is 146 Å². The third kappa shape index (κ3) is 2.74. The van der Waals surface area contributed by atoms with Crippen molar-refractivity contribution in [3.63, 3.8) is 0 Å². The zero-order valence-corrected chi connectivity index (χ0v) is 13.6. The zero-order valence-electron chi connectivity index (χ0n) is 13.6. The van der Waals surface area contributed by atoms with Crippen molar-refractivity contribution >= 4 is 11.7 Å². The Balaban J connectivity index is 1.83. The molecule has 0 radical (unpaired) electrons. The van der Waals surface area contributed by atoms with E-state index in [0.717, 1.165) is 11.1 Å². The lowest BCUT2D eigenvalue weighted by molar-refractivity contribution is 0.0558. The Morgan fingerprint density at radius 3 is 1.92 bits per heavy atom. The van der Waals surface area contributed by atoms with Gasteiger partial charge in [0.1, 0.15) is 6.04 Å². The van der Waals surface area contributed by atoms with E-state index in [-0.39, 0.29) is 11.7 Å². The van der Waals surface area contributed by atoms with Crippen molar-refractivity contribution in [3.05, 3.63) is 107 Å². The first-order valence-corrected chi connectivity index (χ1v) is 8.29. The van der Waals surface area contributed by atoms with Crippen molar-refractivity contribution in [2.45, 2.75) is 12.6 Å². The molecule has 0 saturated heterocycles. The van der Waals surface area contributed by atoms with E-state index in [1.807, 2.05) is 60.7 Å². The molecule has 4 rings (SSSR count). The number of ketones is 1. The van der Waals surface area contributed by atoms with Crippen LogP contribution in [0.15, 0.2) is 84.9 Å². The third-order valence-electron chi connectivity index (χ3n) is 4.55. The highest BCUT2D eigenvalue weighted by atomic mass is 16.2. The Kier molecular flexibility index (Phi) is 3.90. The second-order valence-electron chi connectivity index (χ2n) is 6.14. The third-order valence-corrected chi connectivity index (χ3v) is 4.55. The van der Waals surface area contributed by atoms with Crippen molar-refractivity contribution in [1.29, 1.82) is 0 Å². The van der Waals surface area contributed by atoms with Crippen LogP contribution in [0.4, 0.5) is 0 Å². The molecule has 122 valence electrons. The van der Waals surface area contributed by atoms with Gasteiger partial charge in [-0.05, 0) is 17.2 Å². The Morgan fingerprint density at radius 1 is 0.680 bits per heavy atom. The molecule has 0 aromatic heterocycles. The smallest absolute Gasteiger partial charge is 0.255 e. The van der Waals surface area contributed by atoms with Crippen LogP contribution in [0, 0.1) is 0 Å². The maximum atomic E-state index is 13.2. The molecule has 0 N–H and O–H groups in total. The van der Waals surface area contributed by atoms with Gasteiger partial charge in [-0.25, -0.2) is 0 Å². The minimum atomic E-state index is -0.594. The number of carbonyl (C=O) groups is 2. The summed E-state index contributed by atoms with van der Waals surface area (Å²) in [6.07, 6.45) is 0. The summed E-state index contributed by atoms with van der Waals surface area (Å²) in [5, 5.41) is 0. The number of benzene rings is 3. The van der Waals surface area contributed by atoms with Crippen LogP contribution >= 0.6 is 0 Å². The van der Waals surface area contributed by atoms with Gasteiger partial charge in [-0.3, -0.25) is 9.59 Å². The van der Waals surface area contributed by atoms with Gasteiger partial charge in [0.2, 0.25) is 0 Å². The minimum absolute atomic E-state index is 0.0302. The minimum Gasteiger partial charge on any atom is -0.320 e. The van der Waals surface area contributed by atoms with Crippen LogP contribution in [0.1, 0.15) is 37.9 Å². The molecule has 3 aromatic carbocycles. The lowest BCUT2D eigenvalue weighted by atomic mass is 9.88. The molecule has 0 aliphatic carbocycles. The monoisotopic (exact) mass is 327 g/mol. The Morgan fingerprint density at radius 2 is 1.24 bits per heavy atom. The summed E-state index contributed by atoms with van der Waals surface area (Å²) in [6, 6.07) is 25.8. The van der Waals surface area contributed by atoms with Crippen molar-refractivity contribution in [2.75, 3.05) is 0 Å². The van der Waals surface area contributed by atoms with Crippen LogP contribution in [-0.2, 0) is 6.54 Å². The highest BCUT2D eigenvalue weighted by Gasteiger charge is 2.39. The SMILES string of the molecule is O=C1c2ccccc2C(=O)N(Cc2ccccc2)C1c1ccccc1. The molecule has 1 heterocycles. The number of amides is 1. The van der Waals surface area contributed by atoms with E-state index in [1.165, 1.54) is 0 Å². The Hall–Kier alpha value is -3.20. The van der Waals surface area contributed by atoms with Gasteiger partial charge in [0.25, 0.3) is 5.91 Å².